The summed E-state index contributed by atoms with van der Waals surface area (Å²) in [5, 5.41) is 2.90. The molecule has 3 N–H and O–H groups in total. The van der Waals surface area contributed by atoms with Crippen molar-refractivity contribution in [2.75, 3.05) is 24.8 Å². The molecule has 1 unspecified atom stereocenters. The Morgan fingerprint density at radius 2 is 2.40 bits per heavy atom. The molecule has 15 heavy (non-hydrogen) atoms. The van der Waals surface area contributed by atoms with Crippen molar-refractivity contribution in [1.82, 2.24) is 9.97 Å². The Labute approximate surface area is 87.9 Å². The van der Waals surface area contributed by atoms with E-state index >= 15 is 0 Å². The largest absolute Gasteiger partial charge is 0.385 e. The van der Waals surface area contributed by atoms with Crippen LogP contribution in [0.25, 0.3) is 0 Å². The average molecular weight is 214 g/mol. The summed E-state index contributed by atoms with van der Waals surface area (Å²) in [5.74, 6) is -0.322. The van der Waals surface area contributed by atoms with Gasteiger partial charge in [0.2, 0.25) is 5.95 Å². The Hall–Kier alpha value is -1.43. The molecule has 0 saturated heterocycles. The van der Waals surface area contributed by atoms with Crippen LogP contribution in [-0.2, 0) is 4.74 Å². The van der Waals surface area contributed by atoms with Gasteiger partial charge in [-0.15, -0.1) is 0 Å². The van der Waals surface area contributed by atoms with Gasteiger partial charge in [-0.25, -0.2) is 9.37 Å². The fourth-order valence-electron chi connectivity index (χ4n) is 1.08. The molecule has 0 bridgehead atoms. The molecule has 5 nitrogen and oxygen atoms in total. The zero-order chi connectivity index (χ0) is 11.3. The molecule has 6 heteroatoms. The molecule has 0 spiro atoms. The number of halogens is 1. The highest BCUT2D eigenvalue weighted by Gasteiger charge is 2.08. The van der Waals surface area contributed by atoms with Gasteiger partial charge in [0.05, 0.1) is 6.20 Å². The molecule has 0 saturated carbocycles. The zero-order valence-corrected chi connectivity index (χ0v) is 8.83. The maximum absolute atomic E-state index is 13.2. The predicted molar refractivity (Wildman–Crippen MR) is 56.0 cm³/mol. The first-order chi connectivity index (χ1) is 7.13. The maximum Gasteiger partial charge on any atom is 0.222 e. The molecule has 0 amide bonds. The highest BCUT2D eigenvalue weighted by atomic mass is 19.1. The van der Waals surface area contributed by atoms with Crippen molar-refractivity contribution in [2.45, 2.75) is 19.4 Å². The van der Waals surface area contributed by atoms with Crippen LogP contribution < -0.4 is 11.1 Å². The Bertz CT molecular complexity index is 321. The van der Waals surface area contributed by atoms with Crippen molar-refractivity contribution >= 4 is 11.8 Å². The van der Waals surface area contributed by atoms with E-state index in [0.717, 1.165) is 12.6 Å². The number of nitrogens with zero attached hydrogens (tertiary/aromatic N) is 2. The summed E-state index contributed by atoms with van der Waals surface area (Å²) >= 11 is 0. The molecule has 0 aromatic carbocycles. The van der Waals surface area contributed by atoms with Gasteiger partial charge in [0.15, 0.2) is 11.6 Å². The minimum Gasteiger partial charge on any atom is -0.385 e. The Morgan fingerprint density at radius 1 is 1.67 bits per heavy atom. The van der Waals surface area contributed by atoms with E-state index in [4.69, 9.17) is 10.5 Å². The lowest BCUT2D eigenvalue weighted by atomic mass is 10.2. The van der Waals surface area contributed by atoms with Gasteiger partial charge in [0, 0.05) is 19.8 Å². The predicted octanol–water partition coefficient (Wildman–Crippen LogP) is 1.03. The summed E-state index contributed by atoms with van der Waals surface area (Å²) in [6.45, 7) is 2.52. The minimum atomic E-state index is -0.506. The lowest BCUT2D eigenvalue weighted by Gasteiger charge is -2.14. The third-order valence-electron chi connectivity index (χ3n) is 1.90. The topological polar surface area (TPSA) is 73.1 Å². The summed E-state index contributed by atoms with van der Waals surface area (Å²) in [5.41, 5.74) is 5.35. The Morgan fingerprint density at radius 3 is 3.07 bits per heavy atom. The van der Waals surface area contributed by atoms with Crippen LogP contribution in [0.2, 0.25) is 0 Å². The number of nitrogens with two attached hydrogens (primary N) is 1. The minimum absolute atomic E-state index is 0.0536. The molecular formula is C9H15FN4O. The molecule has 0 aliphatic carbocycles. The monoisotopic (exact) mass is 214 g/mol. The second-order valence-electron chi connectivity index (χ2n) is 3.25. The van der Waals surface area contributed by atoms with E-state index in [9.17, 15) is 4.39 Å². The number of hydrogen-bond acceptors (Lipinski definition) is 5. The third kappa shape index (κ3) is 3.67. The molecule has 1 aromatic rings. The van der Waals surface area contributed by atoms with Gasteiger partial charge in [-0.1, -0.05) is 0 Å². The van der Waals surface area contributed by atoms with Gasteiger partial charge in [-0.2, -0.15) is 4.98 Å². The molecule has 84 valence electrons. The third-order valence-corrected chi connectivity index (χ3v) is 1.90. The first kappa shape index (κ1) is 11.6. The normalized spacial score (nSPS) is 12.5. The number of aromatic nitrogens is 2. The smallest absolute Gasteiger partial charge is 0.222 e. The lowest BCUT2D eigenvalue weighted by molar-refractivity contribution is 0.191. The lowest BCUT2D eigenvalue weighted by Crippen LogP contribution is -2.19. The standard InChI is InChI=1S/C9H15FN4O/c1-6(3-4-15-2)13-8-7(10)5-12-9(11)14-8/h5-6H,3-4H2,1-2H3,(H3,11,12,13,14). The van der Waals surface area contributed by atoms with E-state index in [2.05, 4.69) is 15.3 Å². The number of ether oxygens (including phenoxy) is 1. The van der Waals surface area contributed by atoms with Crippen LogP contribution in [0.15, 0.2) is 6.20 Å². The second kappa shape index (κ2) is 5.45. The van der Waals surface area contributed by atoms with Gasteiger partial charge in [0.25, 0.3) is 0 Å². The Balaban J connectivity index is 2.59. The first-order valence-electron chi connectivity index (χ1n) is 4.67. The number of nitrogen functional groups attached to an aromatic ring is 1. The van der Waals surface area contributed by atoms with Crippen LogP contribution in [0.5, 0.6) is 0 Å². The maximum atomic E-state index is 13.2. The van der Waals surface area contributed by atoms with Crippen molar-refractivity contribution < 1.29 is 9.13 Å². The summed E-state index contributed by atoms with van der Waals surface area (Å²) in [6, 6.07) is 0.0637. The highest BCUT2D eigenvalue weighted by molar-refractivity contribution is 5.39. The van der Waals surface area contributed by atoms with Gasteiger partial charge < -0.3 is 15.8 Å². The SMILES string of the molecule is COCCC(C)Nc1nc(N)ncc1F. The van der Waals surface area contributed by atoms with Gasteiger partial charge in [0.1, 0.15) is 0 Å². The van der Waals surface area contributed by atoms with Crippen LogP contribution in [0, 0.1) is 5.82 Å². The highest BCUT2D eigenvalue weighted by Crippen LogP contribution is 2.12. The fraction of sp³-hybridized carbons (Fsp3) is 0.556. The van der Waals surface area contributed by atoms with Crippen molar-refractivity contribution in [3.63, 3.8) is 0 Å². The van der Waals surface area contributed by atoms with E-state index in [-0.39, 0.29) is 17.8 Å². The van der Waals surface area contributed by atoms with Gasteiger partial charge in [-0.05, 0) is 13.3 Å². The molecule has 1 heterocycles. The number of nitrogens with one attached hydrogen (secondary N) is 1. The van der Waals surface area contributed by atoms with E-state index in [1.165, 1.54) is 0 Å². The van der Waals surface area contributed by atoms with Crippen LogP contribution >= 0.6 is 0 Å². The molecule has 0 radical (unpaired) electrons. The molecule has 1 rings (SSSR count). The number of anilines is 2. The van der Waals surface area contributed by atoms with Crippen molar-refractivity contribution in [3.8, 4) is 0 Å². The summed E-state index contributed by atoms with van der Waals surface area (Å²) in [6.07, 6.45) is 1.81. The van der Waals surface area contributed by atoms with Crippen LogP contribution in [0.4, 0.5) is 16.2 Å². The molecule has 0 aliphatic rings. The van der Waals surface area contributed by atoms with E-state index < -0.39 is 5.82 Å². The van der Waals surface area contributed by atoms with E-state index in [1.807, 2.05) is 6.92 Å². The van der Waals surface area contributed by atoms with Crippen LogP contribution in [-0.4, -0.2) is 29.7 Å². The van der Waals surface area contributed by atoms with Crippen LogP contribution in [0.1, 0.15) is 13.3 Å². The number of rotatable bonds is 5. The molecular weight excluding hydrogens is 199 g/mol. The van der Waals surface area contributed by atoms with E-state index in [0.29, 0.717) is 6.61 Å². The van der Waals surface area contributed by atoms with E-state index in [1.54, 1.807) is 7.11 Å². The first-order valence-corrected chi connectivity index (χ1v) is 4.67. The molecule has 1 atom stereocenters. The van der Waals surface area contributed by atoms with Crippen molar-refractivity contribution in [1.29, 1.82) is 0 Å². The van der Waals surface area contributed by atoms with Gasteiger partial charge >= 0.3 is 0 Å². The van der Waals surface area contributed by atoms with Crippen LogP contribution in [0.3, 0.4) is 0 Å². The quantitative estimate of drug-likeness (QED) is 0.766. The number of methoxy groups -OCH3 is 1. The molecule has 1 aromatic heterocycles. The van der Waals surface area contributed by atoms with Crippen molar-refractivity contribution in [2.24, 2.45) is 0 Å². The molecule has 0 fully saturated rings. The summed E-state index contributed by atoms with van der Waals surface area (Å²) in [4.78, 5) is 7.30. The van der Waals surface area contributed by atoms with Gasteiger partial charge in [-0.3, -0.25) is 0 Å². The molecule has 0 aliphatic heterocycles. The second-order valence-corrected chi connectivity index (χ2v) is 3.25. The van der Waals surface area contributed by atoms with Crippen molar-refractivity contribution in [3.05, 3.63) is 12.0 Å². The Kier molecular flexibility index (Phi) is 4.23. The summed E-state index contributed by atoms with van der Waals surface area (Å²) in [7, 11) is 1.62. The number of hydrogen-bond donors (Lipinski definition) is 2. The zero-order valence-electron chi connectivity index (χ0n) is 8.83. The average Bonchev–Trinajstić information content (AvgIpc) is 2.20. The fourth-order valence-corrected chi connectivity index (χ4v) is 1.08. The summed E-state index contributed by atoms with van der Waals surface area (Å²) < 4.78 is 18.1.